The van der Waals surface area contributed by atoms with Crippen LogP contribution in [0.25, 0.3) is 0 Å². The molecule has 1 aliphatic rings. The maximum Gasteiger partial charge on any atom is 0.332 e. The van der Waals surface area contributed by atoms with Crippen molar-refractivity contribution in [3.8, 4) is 0 Å². The van der Waals surface area contributed by atoms with Crippen LogP contribution in [0.3, 0.4) is 0 Å². The molecule has 0 aromatic heterocycles. The lowest BCUT2D eigenvalue weighted by molar-refractivity contribution is -0.156. The van der Waals surface area contributed by atoms with E-state index in [1.807, 2.05) is 13.8 Å². The number of aliphatic carboxylic acids is 1. The standard InChI is InChI=1S/C11H19NO4/c1-7(13)12-11(8(14)15)6-9(2,3)16-10(11,4)5/h6H2,1-5H3,(H,12,13)(H,14,15). The third-order valence-electron chi connectivity index (χ3n) is 3.00. The summed E-state index contributed by atoms with van der Waals surface area (Å²) >= 11 is 0. The average Bonchev–Trinajstić information content (AvgIpc) is 2.14. The molecule has 0 spiro atoms. The molecule has 0 saturated carbocycles. The van der Waals surface area contributed by atoms with E-state index >= 15 is 0 Å². The molecule has 0 aromatic carbocycles. The molecule has 16 heavy (non-hydrogen) atoms. The van der Waals surface area contributed by atoms with Crippen LogP contribution in [0.1, 0.15) is 41.0 Å². The lowest BCUT2D eigenvalue weighted by Crippen LogP contribution is -2.63. The summed E-state index contributed by atoms with van der Waals surface area (Å²) in [6, 6.07) is 0. The van der Waals surface area contributed by atoms with E-state index in [-0.39, 0.29) is 12.3 Å². The van der Waals surface area contributed by atoms with Gasteiger partial charge >= 0.3 is 5.97 Å². The van der Waals surface area contributed by atoms with Crippen LogP contribution >= 0.6 is 0 Å². The number of hydrogen-bond acceptors (Lipinski definition) is 3. The van der Waals surface area contributed by atoms with E-state index in [1.165, 1.54) is 6.92 Å². The minimum Gasteiger partial charge on any atom is -0.479 e. The maximum atomic E-state index is 11.5. The number of carbonyl (C=O) groups excluding carboxylic acids is 1. The van der Waals surface area contributed by atoms with Gasteiger partial charge in [-0.25, -0.2) is 4.79 Å². The van der Waals surface area contributed by atoms with Crippen LogP contribution < -0.4 is 5.32 Å². The molecule has 1 fully saturated rings. The summed E-state index contributed by atoms with van der Waals surface area (Å²) in [5, 5.41) is 11.9. The van der Waals surface area contributed by atoms with E-state index in [2.05, 4.69) is 5.32 Å². The molecule has 5 nitrogen and oxygen atoms in total. The number of rotatable bonds is 2. The van der Waals surface area contributed by atoms with Crippen molar-refractivity contribution in [3.05, 3.63) is 0 Å². The van der Waals surface area contributed by atoms with E-state index in [4.69, 9.17) is 4.74 Å². The second-order valence-electron chi connectivity index (χ2n) is 5.44. The molecular weight excluding hydrogens is 210 g/mol. The highest BCUT2D eigenvalue weighted by Crippen LogP contribution is 2.45. The van der Waals surface area contributed by atoms with Crippen LogP contribution in [-0.2, 0) is 14.3 Å². The monoisotopic (exact) mass is 229 g/mol. The normalized spacial score (nSPS) is 31.1. The maximum absolute atomic E-state index is 11.5. The van der Waals surface area contributed by atoms with Gasteiger partial charge < -0.3 is 15.2 Å². The van der Waals surface area contributed by atoms with Gasteiger partial charge in [0.25, 0.3) is 0 Å². The number of carbonyl (C=O) groups is 2. The Hall–Kier alpha value is -1.10. The minimum absolute atomic E-state index is 0.252. The Bertz CT molecular complexity index is 335. The van der Waals surface area contributed by atoms with Crippen LogP contribution in [0.2, 0.25) is 0 Å². The van der Waals surface area contributed by atoms with Gasteiger partial charge in [-0.1, -0.05) is 0 Å². The van der Waals surface area contributed by atoms with Gasteiger partial charge in [0.05, 0.1) is 11.2 Å². The molecule has 1 amide bonds. The van der Waals surface area contributed by atoms with Gasteiger partial charge in [-0.15, -0.1) is 0 Å². The highest BCUT2D eigenvalue weighted by atomic mass is 16.5. The highest BCUT2D eigenvalue weighted by Gasteiger charge is 2.62. The average molecular weight is 229 g/mol. The zero-order valence-corrected chi connectivity index (χ0v) is 10.4. The summed E-state index contributed by atoms with van der Waals surface area (Å²) in [5.41, 5.74) is -2.86. The van der Waals surface area contributed by atoms with E-state index in [1.54, 1.807) is 13.8 Å². The Morgan fingerprint density at radius 1 is 1.25 bits per heavy atom. The fourth-order valence-electron chi connectivity index (χ4n) is 2.55. The molecule has 92 valence electrons. The second kappa shape index (κ2) is 3.45. The van der Waals surface area contributed by atoms with E-state index in [0.717, 1.165) is 0 Å². The molecule has 1 heterocycles. The van der Waals surface area contributed by atoms with Gasteiger partial charge in [-0.05, 0) is 27.7 Å². The van der Waals surface area contributed by atoms with E-state index < -0.39 is 22.7 Å². The molecule has 0 bridgehead atoms. The summed E-state index contributed by atoms with van der Waals surface area (Å²) in [5.74, 6) is -1.42. The number of hydrogen-bond donors (Lipinski definition) is 2. The molecule has 0 aliphatic carbocycles. The smallest absolute Gasteiger partial charge is 0.332 e. The lowest BCUT2D eigenvalue weighted by atomic mass is 9.79. The highest BCUT2D eigenvalue weighted by molar-refractivity contribution is 5.88. The summed E-state index contributed by atoms with van der Waals surface area (Å²) < 4.78 is 5.72. The quantitative estimate of drug-likeness (QED) is 0.738. The number of carboxylic acid groups (broad SMARTS) is 1. The molecule has 1 atom stereocenters. The third kappa shape index (κ3) is 1.91. The fourth-order valence-corrected chi connectivity index (χ4v) is 2.55. The van der Waals surface area contributed by atoms with Gasteiger partial charge in [0.1, 0.15) is 0 Å². The lowest BCUT2D eigenvalue weighted by Gasteiger charge is -2.36. The van der Waals surface area contributed by atoms with Crippen LogP contribution in [0, 0.1) is 0 Å². The third-order valence-corrected chi connectivity index (χ3v) is 3.00. The topological polar surface area (TPSA) is 75.6 Å². The molecule has 1 aliphatic heterocycles. The Morgan fingerprint density at radius 3 is 2.00 bits per heavy atom. The van der Waals surface area contributed by atoms with Gasteiger partial charge in [0, 0.05) is 13.3 Å². The van der Waals surface area contributed by atoms with Crippen molar-refractivity contribution in [3.63, 3.8) is 0 Å². The molecule has 1 saturated heterocycles. The fraction of sp³-hybridized carbons (Fsp3) is 0.818. The van der Waals surface area contributed by atoms with Crippen LogP contribution in [0.4, 0.5) is 0 Å². The molecule has 0 aromatic rings. The van der Waals surface area contributed by atoms with Crippen molar-refractivity contribution in [1.82, 2.24) is 5.32 Å². The largest absolute Gasteiger partial charge is 0.479 e. The van der Waals surface area contributed by atoms with Crippen molar-refractivity contribution < 1.29 is 19.4 Å². The van der Waals surface area contributed by atoms with Crippen molar-refractivity contribution in [2.45, 2.75) is 57.8 Å². The first-order chi connectivity index (χ1) is 7.02. The Morgan fingerprint density at radius 2 is 1.75 bits per heavy atom. The van der Waals surface area contributed by atoms with Gasteiger partial charge in [-0.2, -0.15) is 0 Å². The number of ether oxygens (including phenoxy) is 1. The van der Waals surface area contributed by atoms with Gasteiger partial charge in [-0.3, -0.25) is 4.79 Å². The van der Waals surface area contributed by atoms with Crippen LogP contribution in [0.15, 0.2) is 0 Å². The van der Waals surface area contributed by atoms with E-state index in [0.29, 0.717) is 0 Å². The molecular formula is C11H19NO4. The molecule has 1 rings (SSSR count). The Kier molecular flexibility index (Phi) is 2.79. The van der Waals surface area contributed by atoms with Crippen LogP contribution in [0.5, 0.6) is 0 Å². The van der Waals surface area contributed by atoms with Crippen molar-refractivity contribution in [1.29, 1.82) is 0 Å². The second-order valence-corrected chi connectivity index (χ2v) is 5.44. The van der Waals surface area contributed by atoms with Gasteiger partial charge in [0.15, 0.2) is 5.54 Å². The van der Waals surface area contributed by atoms with Crippen molar-refractivity contribution >= 4 is 11.9 Å². The van der Waals surface area contributed by atoms with E-state index in [9.17, 15) is 14.7 Å². The number of carboxylic acids is 1. The SMILES string of the molecule is CC(=O)NC1(C(=O)O)CC(C)(C)OC1(C)C. The summed E-state index contributed by atoms with van der Waals surface area (Å²) in [4.78, 5) is 22.6. The first kappa shape index (κ1) is 13.0. The Labute approximate surface area is 95.2 Å². The molecule has 5 heteroatoms. The zero-order valence-electron chi connectivity index (χ0n) is 10.4. The molecule has 0 radical (unpaired) electrons. The first-order valence-electron chi connectivity index (χ1n) is 5.25. The first-order valence-corrected chi connectivity index (χ1v) is 5.25. The van der Waals surface area contributed by atoms with Gasteiger partial charge in [0.2, 0.25) is 5.91 Å². The zero-order chi connectivity index (χ0) is 12.8. The minimum atomic E-state index is -1.36. The summed E-state index contributed by atoms with van der Waals surface area (Å²) in [6.07, 6.45) is 0.252. The Balaban J connectivity index is 3.20. The van der Waals surface area contributed by atoms with Crippen molar-refractivity contribution in [2.75, 3.05) is 0 Å². The predicted molar refractivity (Wildman–Crippen MR) is 58.0 cm³/mol. The number of nitrogens with one attached hydrogen (secondary N) is 1. The number of amides is 1. The summed E-state index contributed by atoms with van der Waals surface area (Å²) in [6.45, 7) is 8.33. The van der Waals surface area contributed by atoms with Crippen molar-refractivity contribution in [2.24, 2.45) is 0 Å². The molecule has 2 N–H and O–H groups in total. The predicted octanol–water partition coefficient (Wildman–Crippen LogP) is 0.923. The summed E-state index contributed by atoms with van der Waals surface area (Å²) in [7, 11) is 0. The molecule has 1 unspecified atom stereocenters. The van der Waals surface area contributed by atoms with Crippen LogP contribution in [-0.4, -0.2) is 33.7 Å².